The number of allylic oxidation sites excluding steroid dienone is 1. The fraction of sp³-hybridized carbons (Fsp3) is 0.462. The number of imidazole rings is 1. The number of halogens is 1. The summed E-state index contributed by atoms with van der Waals surface area (Å²) in [6, 6.07) is 8.39. The minimum Gasteiger partial charge on any atom is -0.385 e. The molecule has 0 bridgehead atoms. The zero-order chi connectivity index (χ0) is 26.5. The zero-order valence-electron chi connectivity index (χ0n) is 22.2. The van der Waals surface area contributed by atoms with Crippen molar-refractivity contribution in [3.8, 4) is 0 Å². The fourth-order valence-electron chi connectivity index (χ4n) is 4.42. The van der Waals surface area contributed by atoms with E-state index in [1.54, 1.807) is 12.3 Å². The molecule has 2 aliphatic rings. The predicted octanol–water partition coefficient (Wildman–Crippen LogP) is 3.50. The average Bonchev–Trinajstić information content (AvgIpc) is 3.26. The van der Waals surface area contributed by atoms with Crippen molar-refractivity contribution < 1.29 is 0 Å². The minimum absolute atomic E-state index is 0.167. The second kappa shape index (κ2) is 12.0. The molecule has 2 aromatic heterocycles. The summed E-state index contributed by atoms with van der Waals surface area (Å²) in [6.45, 7) is 11.3. The third kappa shape index (κ3) is 6.53. The standard InChI is InChI=1S/C26H36ClN11/c1-19(2)34-38-24-22(32-26(38)37-12-9-23(27)30-18-37)17-29-25(33-24)31-21-7-5-20(6-8-21)28-10-4-11-36-15-13-35(3)14-16-36/h5-9,12,17,19,28,34H,4,10-11,13-16,18H2,1-3H3,(H,29,31,33). The van der Waals surface area contributed by atoms with Crippen LogP contribution in [0.5, 0.6) is 0 Å². The van der Waals surface area contributed by atoms with Crippen LogP contribution in [0.15, 0.2) is 47.7 Å². The van der Waals surface area contributed by atoms with Crippen LogP contribution in [0.3, 0.4) is 0 Å². The highest BCUT2D eigenvalue weighted by atomic mass is 35.5. The van der Waals surface area contributed by atoms with Crippen LogP contribution in [0.2, 0.25) is 0 Å². The van der Waals surface area contributed by atoms with Crippen LogP contribution < -0.4 is 21.0 Å². The molecule has 4 heterocycles. The monoisotopic (exact) mass is 537 g/mol. The molecule has 0 radical (unpaired) electrons. The molecular weight excluding hydrogens is 502 g/mol. The number of nitrogens with one attached hydrogen (secondary N) is 3. The largest absolute Gasteiger partial charge is 0.385 e. The van der Waals surface area contributed by atoms with Crippen LogP contribution in [0.25, 0.3) is 11.2 Å². The molecule has 0 spiro atoms. The van der Waals surface area contributed by atoms with Gasteiger partial charge in [-0.25, -0.2) is 14.6 Å². The molecule has 38 heavy (non-hydrogen) atoms. The van der Waals surface area contributed by atoms with Gasteiger partial charge >= 0.3 is 0 Å². The van der Waals surface area contributed by atoms with Crippen LogP contribution in [0.1, 0.15) is 20.3 Å². The summed E-state index contributed by atoms with van der Waals surface area (Å²) in [5.74, 6) is 1.17. The van der Waals surface area contributed by atoms with E-state index in [0.29, 0.717) is 34.9 Å². The number of hydrogen-bond acceptors (Lipinski definition) is 10. The molecule has 3 N–H and O–H groups in total. The third-order valence-electron chi connectivity index (χ3n) is 6.51. The number of rotatable bonds is 10. The molecule has 12 heteroatoms. The number of nitrogens with zero attached hydrogens (tertiary/aromatic N) is 8. The highest BCUT2D eigenvalue weighted by molar-refractivity contribution is 6.68. The van der Waals surface area contributed by atoms with Gasteiger partial charge in [-0.05, 0) is 64.2 Å². The summed E-state index contributed by atoms with van der Waals surface area (Å²) in [5.41, 5.74) is 6.80. The molecule has 0 saturated carbocycles. The number of piperazine rings is 1. The first-order valence-corrected chi connectivity index (χ1v) is 13.5. The fourth-order valence-corrected chi connectivity index (χ4v) is 4.53. The van der Waals surface area contributed by atoms with Gasteiger partial charge in [-0.1, -0.05) is 11.6 Å². The van der Waals surface area contributed by atoms with Gasteiger partial charge in [0.25, 0.3) is 0 Å². The van der Waals surface area contributed by atoms with Gasteiger partial charge in [0, 0.05) is 56.3 Å². The van der Waals surface area contributed by atoms with E-state index >= 15 is 0 Å². The van der Waals surface area contributed by atoms with Gasteiger partial charge < -0.3 is 25.9 Å². The Bertz CT molecular complexity index is 1280. The summed E-state index contributed by atoms with van der Waals surface area (Å²) in [7, 11) is 2.19. The minimum atomic E-state index is 0.167. The van der Waals surface area contributed by atoms with Gasteiger partial charge in [0.15, 0.2) is 5.65 Å². The Hall–Kier alpha value is -3.41. The topological polar surface area (TPSA) is 102 Å². The first-order valence-electron chi connectivity index (χ1n) is 13.1. The van der Waals surface area contributed by atoms with E-state index in [-0.39, 0.29) is 6.04 Å². The lowest BCUT2D eigenvalue weighted by Gasteiger charge is -2.32. The van der Waals surface area contributed by atoms with Crippen molar-refractivity contribution >= 4 is 51.2 Å². The van der Waals surface area contributed by atoms with Gasteiger partial charge in [0.2, 0.25) is 11.9 Å². The molecule has 1 aromatic carbocycles. The van der Waals surface area contributed by atoms with E-state index in [1.165, 1.54) is 13.1 Å². The van der Waals surface area contributed by atoms with E-state index in [0.717, 1.165) is 44.0 Å². The van der Waals surface area contributed by atoms with Gasteiger partial charge in [-0.15, -0.1) is 0 Å². The molecular formula is C26H36ClN11. The van der Waals surface area contributed by atoms with Crippen LogP contribution in [-0.2, 0) is 0 Å². The molecule has 0 atom stereocenters. The molecule has 0 amide bonds. The van der Waals surface area contributed by atoms with Crippen LogP contribution >= 0.6 is 11.6 Å². The normalized spacial score (nSPS) is 16.8. The molecule has 11 nitrogen and oxygen atoms in total. The molecule has 2 aliphatic heterocycles. The second-order valence-electron chi connectivity index (χ2n) is 9.97. The average molecular weight is 538 g/mol. The van der Waals surface area contributed by atoms with Crippen molar-refractivity contribution in [3.05, 3.63) is 42.7 Å². The van der Waals surface area contributed by atoms with E-state index in [2.05, 4.69) is 68.9 Å². The number of anilines is 4. The second-order valence-corrected chi connectivity index (χ2v) is 10.4. The quantitative estimate of drug-likeness (QED) is 0.335. The van der Waals surface area contributed by atoms with Crippen molar-refractivity contribution in [2.75, 3.05) is 73.9 Å². The van der Waals surface area contributed by atoms with Gasteiger partial charge in [0.1, 0.15) is 17.4 Å². The Labute approximate surface area is 228 Å². The predicted molar refractivity (Wildman–Crippen MR) is 156 cm³/mol. The van der Waals surface area contributed by atoms with E-state index in [4.69, 9.17) is 21.6 Å². The molecule has 1 fully saturated rings. The first-order chi connectivity index (χ1) is 18.4. The molecule has 5 rings (SSSR count). The van der Waals surface area contributed by atoms with Gasteiger partial charge in [-0.3, -0.25) is 9.89 Å². The number of benzene rings is 1. The van der Waals surface area contributed by atoms with Crippen LogP contribution in [0, 0.1) is 0 Å². The number of fused-ring (bicyclic) bond motifs is 1. The highest BCUT2D eigenvalue weighted by Crippen LogP contribution is 2.24. The maximum atomic E-state index is 6.00. The Morgan fingerprint density at radius 2 is 1.79 bits per heavy atom. The molecule has 3 aromatic rings. The summed E-state index contributed by atoms with van der Waals surface area (Å²) < 4.78 is 1.88. The van der Waals surface area contributed by atoms with Crippen molar-refractivity contribution in [1.29, 1.82) is 0 Å². The lowest BCUT2D eigenvalue weighted by atomic mass is 10.2. The molecule has 202 valence electrons. The first kappa shape index (κ1) is 26.2. The molecule has 1 saturated heterocycles. The smallest absolute Gasteiger partial charge is 0.232 e. The van der Waals surface area contributed by atoms with E-state index in [1.807, 2.05) is 27.9 Å². The summed E-state index contributed by atoms with van der Waals surface area (Å²) in [6.07, 6.45) is 6.47. The number of aliphatic imine (C=N–C) groups is 1. The molecule has 0 aliphatic carbocycles. The molecule has 0 unspecified atom stereocenters. The Morgan fingerprint density at radius 1 is 1.03 bits per heavy atom. The lowest BCUT2D eigenvalue weighted by molar-refractivity contribution is 0.154. The van der Waals surface area contributed by atoms with Gasteiger partial charge in [0.05, 0.1) is 6.20 Å². The lowest BCUT2D eigenvalue weighted by Crippen LogP contribution is -2.44. The number of likely N-dealkylation sites (N-methyl/N-ethyl adjacent to an activating group) is 1. The Kier molecular flexibility index (Phi) is 8.26. The van der Waals surface area contributed by atoms with Crippen LogP contribution in [0.4, 0.5) is 23.3 Å². The summed E-state index contributed by atoms with van der Waals surface area (Å²) >= 11 is 6.00. The van der Waals surface area contributed by atoms with Crippen molar-refractivity contribution in [3.63, 3.8) is 0 Å². The van der Waals surface area contributed by atoms with Crippen molar-refractivity contribution in [1.82, 2.24) is 29.4 Å². The summed E-state index contributed by atoms with van der Waals surface area (Å²) in [4.78, 5) is 25.1. The summed E-state index contributed by atoms with van der Waals surface area (Å²) in [5, 5.41) is 7.31. The number of hydrogen-bond donors (Lipinski definition) is 3. The number of aromatic nitrogens is 4. The van der Waals surface area contributed by atoms with E-state index < -0.39 is 0 Å². The van der Waals surface area contributed by atoms with Crippen molar-refractivity contribution in [2.45, 2.75) is 26.3 Å². The Balaban J connectivity index is 1.21. The van der Waals surface area contributed by atoms with Crippen LogP contribution in [-0.4, -0.2) is 93.6 Å². The third-order valence-corrected chi connectivity index (χ3v) is 6.76. The van der Waals surface area contributed by atoms with Gasteiger partial charge in [-0.2, -0.15) is 4.98 Å². The van der Waals surface area contributed by atoms with E-state index in [9.17, 15) is 0 Å². The van der Waals surface area contributed by atoms with Crippen molar-refractivity contribution in [2.24, 2.45) is 4.99 Å². The maximum Gasteiger partial charge on any atom is 0.232 e. The maximum absolute atomic E-state index is 6.00. The highest BCUT2D eigenvalue weighted by Gasteiger charge is 2.20. The SMILES string of the molecule is CC(C)Nn1c(N2C=CC(Cl)=NC2)nc2cnc(Nc3ccc(NCCCN4CCN(C)CC4)cc3)nc21. The Morgan fingerprint density at radius 3 is 2.50 bits per heavy atom. The zero-order valence-corrected chi connectivity index (χ0v) is 23.0.